The summed E-state index contributed by atoms with van der Waals surface area (Å²) in [4.78, 5) is 39.0. The van der Waals surface area contributed by atoms with Gasteiger partial charge in [-0.05, 0) is 29.7 Å². The normalized spacial score (nSPS) is 13.6. The zero-order chi connectivity index (χ0) is 17.8. The molecular formula is C21H12N2O3. The van der Waals surface area contributed by atoms with Gasteiger partial charge in [0, 0.05) is 10.8 Å². The minimum absolute atomic E-state index is 0.307. The van der Waals surface area contributed by atoms with E-state index in [2.05, 4.69) is 0 Å². The fourth-order valence-electron chi connectivity index (χ4n) is 3.57. The van der Waals surface area contributed by atoms with Gasteiger partial charge >= 0.3 is 0 Å². The molecule has 0 bridgehead atoms. The second-order valence-electron chi connectivity index (χ2n) is 6.15. The van der Waals surface area contributed by atoms with Gasteiger partial charge in [-0.25, -0.2) is 4.68 Å². The molecule has 0 aliphatic carbocycles. The number of fused-ring (bicyclic) bond motifs is 4. The van der Waals surface area contributed by atoms with Crippen molar-refractivity contribution < 1.29 is 9.59 Å². The molecule has 26 heavy (non-hydrogen) atoms. The molecule has 0 saturated carbocycles. The number of imide groups is 1. The molecule has 5 heteroatoms. The molecule has 0 N–H and O–H groups in total. The van der Waals surface area contributed by atoms with Crippen LogP contribution in [0.15, 0.2) is 77.6 Å². The van der Waals surface area contributed by atoms with Gasteiger partial charge in [0.1, 0.15) is 0 Å². The molecule has 2 heterocycles. The SMILES string of the molecule is O=C1c2ccccc2C(=O)N1n1c(=O)c2ccccc2c2ccccc21. The van der Waals surface area contributed by atoms with Crippen LogP contribution in [0.1, 0.15) is 20.7 Å². The predicted octanol–water partition coefficient (Wildman–Crippen LogP) is 3.09. The Hall–Kier alpha value is -3.73. The number of aromatic nitrogens is 1. The van der Waals surface area contributed by atoms with Crippen molar-refractivity contribution >= 4 is 33.5 Å². The Morgan fingerprint density at radius 1 is 0.538 bits per heavy atom. The highest BCUT2D eigenvalue weighted by Gasteiger charge is 2.38. The number of benzene rings is 3. The van der Waals surface area contributed by atoms with E-state index in [0.29, 0.717) is 22.0 Å². The lowest BCUT2D eigenvalue weighted by atomic mass is 10.1. The van der Waals surface area contributed by atoms with Crippen molar-refractivity contribution in [1.82, 2.24) is 4.68 Å². The van der Waals surface area contributed by atoms with Gasteiger partial charge in [0.2, 0.25) is 0 Å². The summed E-state index contributed by atoms with van der Waals surface area (Å²) in [5.41, 5.74) is 0.739. The topological polar surface area (TPSA) is 59.4 Å². The van der Waals surface area contributed by atoms with Gasteiger partial charge in [-0.1, -0.05) is 48.5 Å². The Labute approximate surface area is 147 Å². The van der Waals surface area contributed by atoms with Crippen molar-refractivity contribution in [1.29, 1.82) is 0 Å². The van der Waals surface area contributed by atoms with E-state index >= 15 is 0 Å². The number of hydrogen-bond acceptors (Lipinski definition) is 3. The summed E-state index contributed by atoms with van der Waals surface area (Å²) >= 11 is 0. The Morgan fingerprint density at radius 3 is 1.69 bits per heavy atom. The van der Waals surface area contributed by atoms with Crippen molar-refractivity contribution in [3.05, 3.63) is 94.3 Å². The first-order chi connectivity index (χ1) is 12.7. The lowest BCUT2D eigenvalue weighted by Crippen LogP contribution is -2.46. The van der Waals surface area contributed by atoms with E-state index in [9.17, 15) is 14.4 Å². The largest absolute Gasteiger partial charge is 0.281 e. The van der Waals surface area contributed by atoms with Crippen LogP contribution in [0.2, 0.25) is 0 Å². The van der Waals surface area contributed by atoms with E-state index < -0.39 is 17.4 Å². The molecule has 1 aliphatic rings. The van der Waals surface area contributed by atoms with Gasteiger partial charge in [-0.15, -0.1) is 0 Å². The van der Waals surface area contributed by atoms with Crippen molar-refractivity contribution in [3.8, 4) is 0 Å². The summed E-state index contributed by atoms with van der Waals surface area (Å²) in [5, 5.41) is 3.00. The quantitative estimate of drug-likeness (QED) is 0.395. The van der Waals surface area contributed by atoms with Crippen LogP contribution in [0, 0.1) is 0 Å². The van der Waals surface area contributed by atoms with Crippen LogP contribution in [0.4, 0.5) is 0 Å². The van der Waals surface area contributed by atoms with Gasteiger partial charge < -0.3 is 0 Å². The van der Waals surface area contributed by atoms with Crippen LogP contribution >= 0.6 is 0 Å². The summed E-state index contributed by atoms with van der Waals surface area (Å²) in [5.74, 6) is -0.985. The van der Waals surface area contributed by atoms with Crippen LogP contribution in [-0.4, -0.2) is 16.5 Å². The summed E-state index contributed by atoms with van der Waals surface area (Å²) < 4.78 is 1.20. The smallest absolute Gasteiger partial charge is 0.267 e. The van der Waals surface area contributed by atoms with Gasteiger partial charge in [-0.2, -0.15) is 5.01 Å². The van der Waals surface area contributed by atoms with Crippen molar-refractivity contribution in [2.45, 2.75) is 0 Å². The van der Waals surface area contributed by atoms with E-state index in [1.807, 2.05) is 24.3 Å². The third-order valence-electron chi connectivity index (χ3n) is 4.74. The average molecular weight is 340 g/mol. The maximum Gasteiger partial charge on any atom is 0.281 e. The molecule has 0 fully saturated rings. The molecule has 0 spiro atoms. The Kier molecular flexibility index (Phi) is 2.88. The van der Waals surface area contributed by atoms with Gasteiger partial charge in [0.25, 0.3) is 17.4 Å². The third kappa shape index (κ3) is 1.77. The van der Waals surface area contributed by atoms with Crippen LogP contribution in [-0.2, 0) is 0 Å². The molecule has 1 aliphatic heterocycles. The van der Waals surface area contributed by atoms with E-state index in [4.69, 9.17) is 0 Å². The van der Waals surface area contributed by atoms with E-state index in [1.165, 1.54) is 4.68 Å². The number of nitrogens with zero attached hydrogens (tertiary/aromatic N) is 2. The highest BCUT2D eigenvalue weighted by Crippen LogP contribution is 2.26. The summed E-state index contributed by atoms with van der Waals surface area (Å²) in [6.07, 6.45) is 0. The molecule has 1 aromatic heterocycles. The summed E-state index contributed by atoms with van der Waals surface area (Å²) in [7, 11) is 0. The monoisotopic (exact) mass is 340 g/mol. The third-order valence-corrected chi connectivity index (χ3v) is 4.74. The molecule has 5 nitrogen and oxygen atoms in total. The zero-order valence-electron chi connectivity index (χ0n) is 13.5. The van der Waals surface area contributed by atoms with Gasteiger partial charge in [0.15, 0.2) is 0 Å². The first-order valence-electron chi connectivity index (χ1n) is 8.19. The number of hydrogen-bond donors (Lipinski definition) is 0. The van der Waals surface area contributed by atoms with Gasteiger partial charge in [0.05, 0.1) is 16.6 Å². The summed E-state index contributed by atoms with van der Waals surface area (Å²) in [6.45, 7) is 0. The van der Waals surface area contributed by atoms with E-state index in [-0.39, 0.29) is 0 Å². The summed E-state index contributed by atoms with van der Waals surface area (Å²) in [6, 6.07) is 21.1. The minimum atomic E-state index is -0.492. The van der Waals surface area contributed by atoms with Crippen LogP contribution in [0.3, 0.4) is 0 Å². The maximum atomic E-state index is 13.2. The number of carbonyl (C=O) groups is 2. The van der Waals surface area contributed by atoms with Crippen LogP contribution in [0.5, 0.6) is 0 Å². The maximum absolute atomic E-state index is 13.2. The molecule has 0 radical (unpaired) electrons. The molecule has 4 aromatic rings. The minimum Gasteiger partial charge on any atom is -0.267 e. The number of carbonyl (C=O) groups excluding carboxylic acids is 2. The Bertz CT molecular complexity index is 1270. The van der Waals surface area contributed by atoms with Gasteiger partial charge in [-0.3, -0.25) is 14.4 Å². The molecular weight excluding hydrogens is 328 g/mol. The molecule has 0 atom stereocenters. The second-order valence-corrected chi connectivity index (χ2v) is 6.15. The molecule has 2 amide bonds. The number of rotatable bonds is 1. The first kappa shape index (κ1) is 14.6. The van der Waals surface area contributed by atoms with E-state index in [1.54, 1.807) is 48.5 Å². The second kappa shape index (κ2) is 5.13. The van der Waals surface area contributed by atoms with E-state index in [0.717, 1.165) is 15.8 Å². The standard InChI is InChI=1S/C21H12N2O3/c24-19-15-9-2-1-7-13(15)14-8-5-6-12-18(14)22(19)23-20(25)16-10-3-4-11-17(16)21(23)26/h1-12H. The zero-order valence-corrected chi connectivity index (χ0v) is 13.5. The molecule has 3 aromatic carbocycles. The molecule has 124 valence electrons. The molecule has 0 saturated heterocycles. The van der Waals surface area contributed by atoms with Crippen molar-refractivity contribution in [2.75, 3.05) is 5.01 Å². The fraction of sp³-hybridized carbons (Fsp3) is 0. The van der Waals surface area contributed by atoms with Crippen LogP contribution in [0.25, 0.3) is 21.7 Å². The Balaban J connectivity index is 1.91. The highest BCUT2D eigenvalue weighted by molar-refractivity contribution is 6.31. The fourth-order valence-corrected chi connectivity index (χ4v) is 3.57. The average Bonchev–Trinajstić information content (AvgIpc) is 2.94. The lowest BCUT2D eigenvalue weighted by molar-refractivity contribution is 0.0887. The lowest BCUT2D eigenvalue weighted by Gasteiger charge is -2.20. The molecule has 5 rings (SSSR count). The van der Waals surface area contributed by atoms with Crippen LogP contribution < -0.4 is 10.6 Å². The number of para-hydroxylation sites is 1. The first-order valence-corrected chi connectivity index (χ1v) is 8.19. The predicted molar refractivity (Wildman–Crippen MR) is 99.0 cm³/mol. The number of amides is 2. The highest BCUT2D eigenvalue weighted by atomic mass is 16.2. The Morgan fingerprint density at radius 2 is 1.04 bits per heavy atom. The van der Waals surface area contributed by atoms with Crippen molar-refractivity contribution in [2.24, 2.45) is 0 Å². The number of pyridine rings is 1. The van der Waals surface area contributed by atoms with Crippen molar-refractivity contribution in [3.63, 3.8) is 0 Å². The molecule has 0 unspecified atom stereocenters.